The number of aryl methyl sites for hydroxylation is 2. The van der Waals surface area contributed by atoms with Crippen LogP contribution in [-0.4, -0.2) is 47.3 Å². The zero-order valence-corrected chi connectivity index (χ0v) is 13.1. The van der Waals surface area contributed by atoms with Gasteiger partial charge in [-0.1, -0.05) is 0 Å². The number of carbonyl (C=O) groups excluding carboxylic acids is 1. The Labute approximate surface area is 130 Å². The summed E-state index contributed by atoms with van der Waals surface area (Å²) in [5.74, 6) is 1.70. The van der Waals surface area contributed by atoms with E-state index in [9.17, 15) is 9.90 Å². The fourth-order valence-electron chi connectivity index (χ4n) is 4.27. The Bertz CT molecular complexity index is 600. The van der Waals surface area contributed by atoms with Crippen LogP contribution in [0.1, 0.15) is 53.1 Å². The maximum absolute atomic E-state index is 13.0. The van der Waals surface area contributed by atoms with Crippen LogP contribution in [0.3, 0.4) is 0 Å². The van der Waals surface area contributed by atoms with Crippen LogP contribution in [0.15, 0.2) is 4.42 Å². The first-order valence-corrected chi connectivity index (χ1v) is 8.33. The molecule has 1 aromatic rings. The Morgan fingerprint density at radius 1 is 1.32 bits per heavy atom. The van der Waals surface area contributed by atoms with Crippen molar-refractivity contribution in [3.8, 4) is 0 Å². The molecule has 2 aliphatic heterocycles. The number of β-amino-alcohol motifs (C(OH)–C–C–N with tert-alkyl or cyclic N) is 1. The molecule has 0 saturated carbocycles. The number of fused-ring (bicyclic) bond motifs is 1. The van der Waals surface area contributed by atoms with Crippen molar-refractivity contribution in [2.75, 3.05) is 19.7 Å². The van der Waals surface area contributed by atoms with Crippen molar-refractivity contribution in [1.29, 1.82) is 0 Å². The average Bonchev–Trinajstić information content (AvgIpc) is 3.18. The molecule has 0 radical (unpaired) electrons. The Morgan fingerprint density at radius 3 is 2.91 bits per heavy atom. The zero-order valence-electron chi connectivity index (χ0n) is 13.1. The fraction of sp³-hybridized carbons (Fsp3) is 0.706. The molecule has 2 fully saturated rings. The van der Waals surface area contributed by atoms with Crippen molar-refractivity contribution in [3.63, 3.8) is 0 Å². The third kappa shape index (κ3) is 2.02. The molecular formula is C17H23NO4. The van der Waals surface area contributed by atoms with Gasteiger partial charge in [0.2, 0.25) is 0 Å². The van der Waals surface area contributed by atoms with Gasteiger partial charge in [-0.2, -0.15) is 0 Å². The fourth-order valence-corrected chi connectivity index (χ4v) is 4.27. The summed E-state index contributed by atoms with van der Waals surface area (Å²) in [4.78, 5) is 14.7. The van der Waals surface area contributed by atoms with Crippen molar-refractivity contribution in [2.45, 2.75) is 57.2 Å². The predicted molar refractivity (Wildman–Crippen MR) is 79.9 cm³/mol. The number of aliphatic hydroxyl groups excluding tert-OH is 1. The van der Waals surface area contributed by atoms with Crippen LogP contribution in [0.4, 0.5) is 0 Å². The highest BCUT2D eigenvalue weighted by Crippen LogP contribution is 2.37. The van der Waals surface area contributed by atoms with Gasteiger partial charge in [0.15, 0.2) is 0 Å². The largest absolute Gasteiger partial charge is 0.465 e. The number of hydrogen-bond donors (Lipinski definition) is 1. The molecule has 5 nitrogen and oxygen atoms in total. The number of ether oxygens (including phenoxy) is 1. The lowest BCUT2D eigenvalue weighted by molar-refractivity contribution is -0.0590. The minimum atomic E-state index is -0.581. The summed E-state index contributed by atoms with van der Waals surface area (Å²) in [7, 11) is 0. The monoisotopic (exact) mass is 305 g/mol. The summed E-state index contributed by atoms with van der Waals surface area (Å²) in [5, 5.41) is 10.4. The number of hydrogen-bond acceptors (Lipinski definition) is 4. The van der Waals surface area contributed by atoms with Gasteiger partial charge in [-0.3, -0.25) is 4.79 Å². The average molecular weight is 305 g/mol. The van der Waals surface area contributed by atoms with Crippen molar-refractivity contribution in [2.24, 2.45) is 0 Å². The number of likely N-dealkylation sites (tertiary alicyclic amines) is 1. The van der Waals surface area contributed by atoms with Crippen molar-refractivity contribution in [1.82, 2.24) is 4.90 Å². The smallest absolute Gasteiger partial charge is 0.257 e. The van der Waals surface area contributed by atoms with Crippen LogP contribution in [0.2, 0.25) is 0 Å². The van der Waals surface area contributed by atoms with Gasteiger partial charge < -0.3 is 19.2 Å². The van der Waals surface area contributed by atoms with Crippen molar-refractivity contribution < 1.29 is 19.1 Å². The number of aliphatic hydroxyl groups is 1. The first-order valence-electron chi connectivity index (χ1n) is 8.33. The quantitative estimate of drug-likeness (QED) is 0.860. The minimum Gasteiger partial charge on any atom is -0.465 e. The van der Waals surface area contributed by atoms with Gasteiger partial charge in [0.1, 0.15) is 23.2 Å². The highest BCUT2D eigenvalue weighted by molar-refractivity contribution is 5.97. The first kappa shape index (κ1) is 14.3. The van der Waals surface area contributed by atoms with Gasteiger partial charge in [-0.15, -0.1) is 0 Å². The Kier molecular flexibility index (Phi) is 3.31. The lowest BCUT2D eigenvalue weighted by Crippen LogP contribution is -2.41. The van der Waals surface area contributed by atoms with Crippen molar-refractivity contribution in [3.05, 3.63) is 22.6 Å². The number of carbonyl (C=O) groups is 1. The SMILES string of the molecule is Cc1oc2c(c1C(=O)N1C[C@H](O)[C@]3(CCCO3)C1)CCCC2. The van der Waals surface area contributed by atoms with Gasteiger partial charge in [0.25, 0.3) is 5.91 Å². The molecule has 1 aliphatic carbocycles. The minimum absolute atomic E-state index is 0.00387. The number of furan rings is 1. The van der Waals surface area contributed by atoms with E-state index < -0.39 is 11.7 Å². The van der Waals surface area contributed by atoms with E-state index in [2.05, 4.69) is 0 Å². The summed E-state index contributed by atoms with van der Waals surface area (Å²) in [6.45, 7) is 3.41. The predicted octanol–water partition coefficient (Wildman–Crippen LogP) is 1.83. The lowest BCUT2D eigenvalue weighted by Gasteiger charge is -2.25. The van der Waals surface area contributed by atoms with E-state index in [1.54, 1.807) is 4.90 Å². The van der Waals surface area contributed by atoms with Crippen LogP contribution < -0.4 is 0 Å². The molecule has 5 heteroatoms. The normalized spacial score (nSPS) is 31.0. The molecule has 2 saturated heterocycles. The molecule has 3 aliphatic rings. The van der Waals surface area contributed by atoms with Crippen LogP contribution in [-0.2, 0) is 17.6 Å². The summed E-state index contributed by atoms with van der Waals surface area (Å²) < 4.78 is 11.6. The summed E-state index contributed by atoms with van der Waals surface area (Å²) >= 11 is 0. The molecule has 3 heterocycles. The molecule has 4 rings (SSSR count). The van der Waals surface area contributed by atoms with E-state index in [1.807, 2.05) is 6.92 Å². The maximum atomic E-state index is 13.0. The van der Waals surface area contributed by atoms with E-state index in [-0.39, 0.29) is 5.91 Å². The topological polar surface area (TPSA) is 62.9 Å². The molecular weight excluding hydrogens is 282 g/mol. The second-order valence-electron chi connectivity index (χ2n) is 6.86. The first-order chi connectivity index (χ1) is 10.6. The number of rotatable bonds is 1. The molecule has 1 amide bonds. The third-order valence-corrected chi connectivity index (χ3v) is 5.44. The standard InChI is InChI=1S/C17H23NO4/c1-11-15(12-5-2-3-6-13(12)22-11)16(20)18-9-14(19)17(10-18)7-4-8-21-17/h14,19H,2-10H2,1H3/t14-,17-/m0/s1. The van der Waals surface area contributed by atoms with E-state index in [4.69, 9.17) is 9.15 Å². The second-order valence-corrected chi connectivity index (χ2v) is 6.86. The van der Waals surface area contributed by atoms with Crippen LogP contribution in [0, 0.1) is 6.92 Å². The van der Waals surface area contributed by atoms with E-state index in [0.29, 0.717) is 19.7 Å². The molecule has 1 aromatic heterocycles. The molecule has 22 heavy (non-hydrogen) atoms. The summed E-state index contributed by atoms with van der Waals surface area (Å²) in [5.41, 5.74) is 1.29. The number of nitrogens with zero attached hydrogens (tertiary/aromatic N) is 1. The second kappa shape index (κ2) is 5.10. The Balaban J connectivity index is 1.62. The van der Waals surface area contributed by atoms with E-state index >= 15 is 0 Å². The van der Waals surface area contributed by atoms with Crippen LogP contribution in [0.25, 0.3) is 0 Å². The van der Waals surface area contributed by atoms with Gasteiger partial charge in [0.05, 0.1) is 12.1 Å². The van der Waals surface area contributed by atoms with Crippen LogP contribution >= 0.6 is 0 Å². The molecule has 1 N–H and O–H groups in total. The molecule has 0 unspecified atom stereocenters. The van der Waals surface area contributed by atoms with Crippen molar-refractivity contribution >= 4 is 5.91 Å². The Morgan fingerprint density at radius 2 is 2.14 bits per heavy atom. The van der Waals surface area contributed by atoms with Gasteiger partial charge >= 0.3 is 0 Å². The summed E-state index contributed by atoms with van der Waals surface area (Å²) in [6.07, 6.45) is 5.31. The van der Waals surface area contributed by atoms with Gasteiger partial charge in [-0.25, -0.2) is 0 Å². The molecule has 0 bridgehead atoms. The molecule has 2 atom stereocenters. The zero-order chi connectivity index (χ0) is 15.3. The van der Waals surface area contributed by atoms with Gasteiger partial charge in [0, 0.05) is 25.1 Å². The maximum Gasteiger partial charge on any atom is 0.257 e. The van der Waals surface area contributed by atoms with Gasteiger partial charge in [-0.05, 0) is 39.0 Å². The highest BCUT2D eigenvalue weighted by atomic mass is 16.5. The van der Waals surface area contributed by atoms with Crippen LogP contribution in [0.5, 0.6) is 0 Å². The molecule has 0 aromatic carbocycles. The molecule has 120 valence electrons. The Hall–Kier alpha value is -1.33. The molecule has 1 spiro atoms. The number of amides is 1. The van der Waals surface area contributed by atoms with E-state index in [1.165, 1.54) is 0 Å². The van der Waals surface area contributed by atoms with E-state index in [0.717, 1.165) is 61.2 Å². The lowest BCUT2D eigenvalue weighted by atomic mass is 9.94. The third-order valence-electron chi connectivity index (χ3n) is 5.44. The summed E-state index contributed by atoms with van der Waals surface area (Å²) in [6, 6.07) is 0. The highest BCUT2D eigenvalue weighted by Gasteiger charge is 2.50.